The summed E-state index contributed by atoms with van der Waals surface area (Å²) in [6.07, 6.45) is 0. The van der Waals surface area contributed by atoms with E-state index in [1.807, 2.05) is 0 Å². The topological polar surface area (TPSA) is 106 Å². The second-order valence-electron chi connectivity index (χ2n) is 0.706. The summed E-state index contributed by atoms with van der Waals surface area (Å²) in [6, 6.07) is 0. The zero-order chi connectivity index (χ0) is 6.78. The third kappa shape index (κ3) is 5.11. The van der Waals surface area contributed by atoms with Crippen LogP contribution in [0.5, 0.6) is 0 Å². The Balaban J connectivity index is 3.95. The summed E-state index contributed by atoms with van der Waals surface area (Å²) < 4.78 is 30.2. The van der Waals surface area contributed by atoms with Crippen LogP contribution in [0.2, 0.25) is 0 Å². The van der Waals surface area contributed by atoms with Crippen LogP contribution in [0.15, 0.2) is 0 Å². The molecule has 0 saturated heterocycles. The van der Waals surface area contributed by atoms with Crippen LogP contribution >= 0.6 is 0 Å². The molecule has 0 atom stereocenters. The van der Waals surface area contributed by atoms with Gasteiger partial charge in [0, 0.05) is 0 Å². The van der Waals surface area contributed by atoms with Crippen molar-refractivity contribution < 1.29 is 22.3 Å². The molecule has 0 rings (SSSR count). The normalized spacial score (nSPS) is 10.6. The number of rotatable bonds is 2. The SMILES string of the molecule is [O]S(=O)(=O)O[N+](=O)[O-]. The average molecular weight is 142 g/mol. The zero-order valence-corrected chi connectivity index (χ0v) is 4.12. The van der Waals surface area contributed by atoms with Gasteiger partial charge in [-0.1, -0.05) is 4.55 Å². The van der Waals surface area contributed by atoms with Gasteiger partial charge in [0.1, 0.15) is 0 Å². The van der Waals surface area contributed by atoms with Gasteiger partial charge in [-0.3, -0.25) is 0 Å². The molecule has 0 unspecified atom stereocenters. The molecule has 0 bridgehead atoms. The highest BCUT2D eigenvalue weighted by atomic mass is 32.3. The first kappa shape index (κ1) is 7.11. The maximum Gasteiger partial charge on any atom is 0.459 e. The third-order valence-electron chi connectivity index (χ3n) is 0.152. The molecule has 0 aliphatic heterocycles. The fourth-order valence-electron chi connectivity index (χ4n) is 0.0745. The molecule has 0 saturated carbocycles. The molecule has 0 aromatic heterocycles. The van der Waals surface area contributed by atoms with E-state index in [9.17, 15) is 13.0 Å². The van der Waals surface area contributed by atoms with Crippen molar-refractivity contribution in [3.05, 3.63) is 10.1 Å². The molecule has 0 spiro atoms. The highest BCUT2D eigenvalue weighted by Gasteiger charge is 2.10. The molecule has 0 aromatic rings. The minimum atomic E-state index is -5.17. The Labute approximate surface area is 43.9 Å². The zero-order valence-electron chi connectivity index (χ0n) is 3.30. The van der Waals surface area contributed by atoms with E-state index in [2.05, 4.69) is 4.28 Å². The molecule has 0 fully saturated rings. The summed E-state index contributed by atoms with van der Waals surface area (Å²) in [6.45, 7) is 0. The van der Waals surface area contributed by atoms with Gasteiger partial charge in [-0.25, -0.2) is 0 Å². The van der Waals surface area contributed by atoms with Gasteiger partial charge in [-0.05, 0) is 0 Å². The molecular weight excluding hydrogens is 142 g/mol. The Morgan fingerprint density at radius 1 is 1.50 bits per heavy atom. The van der Waals surface area contributed by atoms with E-state index in [1.54, 1.807) is 0 Å². The van der Waals surface area contributed by atoms with Crippen LogP contribution in [0.3, 0.4) is 0 Å². The van der Waals surface area contributed by atoms with E-state index in [1.165, 1.54) is 0 Å². The molecule has 1 radical (unpaired) electrons. The second-order valence-corrected chi connectivity index (χ2v) is 1.67. The van der Waals surface area contributed by atoms with E-state index in [4.69, 9.17) is 10.1 Å². The van der Waals surface area contributed by atoms with E-state index in [0.717, 1.165) is 0 Å². The van der Waals surface area contributed by atoms with Gasteiger partial charge in [0.05, 0.1) is 0 Å². The molecule has 8 heavy (non-hydrogen) atoms. The van der Waals surface area contributed by atoms with Crippen molar-refractivity contribution in [2.24, 2.45) is 0 Å². The first-order valence-corrected chi connectivity index (χ1v) is 2.55. The maximum atomic E-state index is 9.22. The molecule has 8 heteroatoms. The van der Waals surface area contributed by atoms with Crippen LogP contribution in [-0.4, -0.2) is 13.5 Å². The smallest absolute Gasteiger partial charge is 0.168 e. The van der Waals surface area contributed by atoms with Gasteiger partial charge in [0.2, 0.25) is 0 Å². The molecular formula is NO6S. The molecule has 47 valence electrons. The van der Waals surface area contributed by atoms with Gasteiger partial charge in [-0.15, -0.1) is 10.1 Å². The van der Waals surface area contributed by atoms with Crippen molar-refractivity contribution in [3.8, 4) is 0 Å². The minimum absolute atomic E-state index is 1.69. The Kier molecular flexibility index (Phi) is 1.71. The summed E-state index contributed by atoms with van der Waals surface area (Å²) in [5.41, 5.74) is 0. The summed E-state index contributed by atoms with van der Waals surface area (Å²) in [7, 11) is -5.17. The molecule has 0 amide bonds. The van der Waals surface area contributed by atoms with E-state index >= 15 is 0 Å². The predicted molar refractivity (Wildman–Crippen MR) is 17.7 cm³/mol. The van der Waals surface area contributed by atoms with Gasteiger partial charge >= 0.3 is 15.5 Å². The second kappa shape index (κ2) is 1.92. The fourth-order valence-corrected chi connectivity index (χ4v) is 0.224. The lowest BCUT2D eigenvalue weighted by Gasteiger charge is -1.83. The Morgan fingerprint density at radius 2 is 1.88 bits per heavy atom. The van der Waals surface area contributed by atoms with Crippen LogP contribution in [0.25, 0.3) is 0 Å². The predicted octanol–water partition coefficient (Wildman–Crippen LogP) is -1.13. The van der Waals surface area contributed by atoms with Crippen molar-refractivity contribution >= 4 is 10.4 Å². The van der Waals surface area contributed by atoms with Crippen LogP contribution in [0, 0.1) is 10.1 Å². The fraction of sp³-hybridized carbons (Fsp3) is 0. The van der Waals surface area contributed by atoms with Gasteiger partial charge < -0.3 is 0 Å². The molecule has 0 aromatic carbocycles. The first-order chi connectivity index (χ1) is 3.42. The standard InChI is InChI=1S/NO6S/c2-1(3)7-8(4,5)6. The maximum absolute atomic E-state index is 9.22. The Bertz CT molecular complexity index is 175. The third-order valence-corrected chi connectivity index (χ3v) is 0.456. The highest BCUT2D eigenvalue weighted by Crippen LogP contribution is 1.84. The largest absolute Gasteiger partial charge is 0.459 e. The van der Waals surface area contributed by atoms with Gasteiger partial charge in [-0.2, -0.15) is 12.7 Å². The van der Waals surface area contributed by atoms with Gasteiger partial charge in [0.25, 0.3) is 0 Å². The monoisotopic (exact) mass is 142 g/mol. The van der Waals surface area contributed by atoms with Crippen LogP contribution in [0.1, 0.15) is 0 Å². The summed E-state index contributed by atoms with van der Waals surface area (Å²) in [5, 5.41) is 7.33. The Morgan fingerprint density at radius 3 is 1.88 bits per heavy atom. The Hall–Kier alpha value is -0.890. The quantitative estimate of drug-likeness (QED) is 0.358. The molecule has 7 nitrogen and oxygen atoms in total. The highest BCUT2D eigenvalue weighted by molar-refractivity contribution is 7.80. The van der Waals surface area contributed by atoms with Crippen molar-refractivity contribution in [1.82, 2.24) is 0 Å². The van der Waals surface area contributed by atoms with Crippen molar-refractivity contribution in [1.29, 1.82) is 0 Å². The summed E-state index contributed by atoms with van der Waals surface area (Å²) in [5.74, 6) is 0. The lowest BCUT2D eigenvalue weighted by atomic mass is 13.1. The molecule has 0 aliphatic carbocycles. The van der Waals surface area contributed by atoms with E-state index < -0.39 is 15.5 Å². The number of hydrogen-bond donors (Lipinski definition) is 0. The first-order valence-electron chi connectivity index (χ1n) is 1.21. The van der Waals surface area contributed by atoms with Gasteiger partial charge in [0.15, 0.2) is 0 Å². The average Bonchev–Trinajstić information content (AvgIpc) is 1.21. The summed E-state index contributed by atoms with van der Waals surface area (Å²) in [4.78, 5) is 9.02. The molecule has 0 N–H and O–H groups in total. The number of nitrogens with zero attached hydrogens (tertiary/aromatic N) is 1. The lowest BCUT2D eigenvalue weighted by Crippen LogP contribution is -2.07. The number of hydrogen-bond acceptors (Lipinski definition) is 5. The van der Waals surface area contributed by atoms with Crippen LogP contribution in [-0.2, 0) is 19.2 Å². The lowest BCUT2D eigenvalue weighted by molar-refractivity contribution is -0.713. The van der Waals surface area contributed by atoms with E-state index in [-0.39, 0.29) is 0 Å². The minimum Gasteiger partial charge on any atom is -0.168 e. The summed E-state index contributed by atoms with van der Waals surface area (Å²) >= 11 is 0. The molecule has 0 heterocycles. The van der Waals surface area contributed by atoms with Crippen molar-refractivity contribution in [2.75, 3.05) is 0 Å². The van der Waals surface area contributed by atoms with Crippen molar-refractivity contribution in [3.63, 3.8) is 0 Å². The van der Waals surface area contributed by atoms with Crippen molar-refractivity contribution in [2.45, 2.75) is 0 Å². The molecule has 0 aliphatic rings. The van der Waals surface area contributed by atoms with E-state index in [0.29, 0.717) is 0 Å². The van der Waals surface area contributed by atoms with Crippen LogP contribution < -0.4 is 0 Å². The van der Waals surface area contributed by atoms with Crippen LogP contribution in [0.4, 0.5) is 0 Å².